The second-order valence-corrected chi connectivity index (χ2v) is 9.09. The van der Waals surface area contributed by atoms with Crippen molar-refractivity contribution in [2.75, 3.05) is 13.1 Å². The molecule has 2 aliphatic rings. The smallest absolute Gasteiger partial charge is 0.253 e. The third-order valence-electron chi connectivity index (χ3n) is 6.87. The van der Waals surface area contributed by atoms with Crippen LogP contribution in [-0.4, -0.2) is 54.4 Å². The third-order valence-corrected chi connectivity index (χ3v) is 6.87. The first-order chi connectivity index (χ1) is 15.1. The van der Waals surface area contributed by atoms with E-state index in [-0.39, 0.29) is 23.7 Å². The summed E-state index contributed by atoms with van der Waals surface area (Å²) in [6.07, 6.45) is 6.84. The Morgan fingerprint density at radius 3 is 2.65 bits per heavy atom. The zero-order chi connectivity index (χ0) is 21.4. The number of aryl methyl sites for hydroxylation is 1. The quantitative estimate of drug-likeness (QED) is 0.671. The average Bonchev–Trinajstić information content (AvgIpc) is 3.26. The number of aromatic amines is 1. The SMILES string of the molecule is Cc1ccc2cc([C@@H](c3nnnn3C3CCCCC3)N3CCC(O)CC3)c(=O)[nH]c2c1. The molecular formula is C23H30N6O2. The number of rotatable bonds is 4. The molecule has 2 fully saturated rings. The molecule has 1 aromatic carbocycles. The average molecular weight is 423 g/mol. The molecule has 2 N–H and O–H groups in total. The Bertz CT molecular complexity index is 1110. The first-order valence-electron chi connectivity index (χ1n) is 11.4. The summed E-state index contributed by atoms with van der Waals surface area (Å²) in [6, 6.07) is 8.04. The first kappa shape index (κ1) is 20.3. The number of aliphatic hydroxyl groups excluding tert-OH is 1. The molecule has 0 amide bonds. The van der Waals surface area contributed by atoms with Gasteiger partial charge in [-0.3, -0.25) is 9.69 Å². The fourth-order valence-electron chi connectivity index (χ4n) is 5.14. The van der Waals surface area contributed by atoms with E-state index in [9.17, 15) is 9.90 Å². The highest BCUT2D eigenvalue weighted by Crippen LogP contribution is 2.34. The van der Waals surface area contributed by atoms with Crippen LogP contribution < -0.4 is 5.56 Å². The summed E-state index contributed by atoms with van der Waals surface area (Å²) in [5.41, 5.74) is 2.51. The summed E-state index contributed by atoms with van der Waals surface area (Å²) in [7, 11) is 0. The third kappa shape index (κ3) is 4.02. The van der Waals surface area contributed by atoms with Crippen LogP contribution in [0.15, 0.2) is 29.1 Å². The van der Waals surface area contributed by atoms with E-state index in [4.69, 9.17) is 0 Å². The molecule has 0 spiro atoms. The van der Waals surface area contributed by atoms with Crippen LogP contribution in [0, 0.1) is 6.92 Å². The van der Waals surface area contributed by atoms with Crippen molar-refractivity contribution in [2.45, 2.75) is 70.1 Å². The monoisotopic (exact) mass is 422 g/mol. The number of hydrogen-bond donors (Lipinski definition) is 2. The van der Waals surface area contributed by atoms with Gasteiger partial charge in [-0.1, -0.05) is 31.4 Å². The van der Waals surface area contributed by atoms with E-state index in [1.165, 1.54) is 19.3 Å². The molecule has 3 aromatic rings. The molecule has 2 aromatic heterocycles. The van der Waals surface area contributed by atoms with Crippen LogP contribution in [-0.2, 0) is 0 Å². The number of tetrazole rings is 1. The van der Waals surface area contributed by atoms with Crippen LogP contribution in [0.3, 0.4) is 0 Å². The molecule has 0 radical (unpaired) electrons. The van der Waals surface area contributed by atoms with Gasteiger partial charge in [-0.25, -0.2) is 4.68 Å². The van der Waals surface area contributed by atoms with Crippen LogP contribution in [0.5, 0.6) is 0 Å². The molecule has 1 saturated heterocycles. The number of aromatic nitrogens is 5. The molecule has 1 aliphatic heterocycles. The van der Waals surface area contributed by atoms with E-state index >= 15 is 0 Å². The zero-order valence-electron chi connectivity index (χ0n) is 18.0. The van der Waals surface area contributed by atoms with Crippen molar-refractivity contribution >= 4 is 10.9 Å². The Labute approximate surface area is 181 Å². The predicted octanol–water partition coefficient (Wildman–Crippen LogP) is 2.87. The van der Waals surface area contributed by atoms with Gasteiger partial charge >= 0.3 is 0 Å². The second kappa shape index (κ2) is 8.51. The van der Waals surface area contributed by atoms with Gasteiger partial charge in [0.05, 0.1) is 12.1 Å². The van der Waals surface area contributed by atoms with Crippen LogP contribution in [0.4, 0.5) is 0 Å². The van der Waals surface area contributed by atoms with Crippen molar-refractivity contribution in [3.8, 4) is 0 Å². The number of pyridine rings is 1. The van der Waals surface area contributed by atoms with E-state index in [2.05, 4.69) is 31.5 Å². The minimum absolute atomic E-state index is 0.104. The summed E-state index contributed by atoms with van der Waals surface area (Å²) < 4.78 is 1.97. The van der Waals surface area contributed by atoms with Gasteiger partial charge in [-0.2, -0.15) is 0 Å². The molecule has 1 aliphatic carbocycles. The lowest BCUT2D eigenvalue weighted by atomic mass is 9.94. The molecule has 5 rings (SSSR count). The number of benzene rings is 1. The molecule has 1 atom stereocenters. The van der Waals surface area contributed by atoms with Crippen LogP contribution in [0.2, 0.25) is 0 Å². The van der Waals surface area contributed by atoms with Gasteiger partial charge in [0.1, 0.15) is 6.04 Å². The van der Waals surface area contributed by atoms with Crippen LogP contribution in [0.1, 0.15) is 74.0 Å². The number of hydrogen-bond acceptors (Lipinski definition) is 6. The zero-order valence-corrected chi connectivity index (χ0v) is 18.0. The van der Waals surface area contributed by atoms with Gasteiger partial charge in [0, 0.05) is 24.2 Å². The number of fused-ring (bicyclic) bond motifs is 1. The highest BCUT2D eigenvalue weighted by molar-refractivity contribution is 5.79. The lowest BCUT2D eigenvalue weighted by molar-refractivity contribution is 0.0651. The maximum atomic E-state index is 13.3. The summed E-state index contributed by atoms with van der Waals surface area (Å²) in [6.45, 7) is 3.43. The Balaban J connectivity index is 1.62. The molecule has 31 heavy (non-hydrogen) atoms. The molecule has 8 heteroatoms. The minimum atomic E-state index is -0.334. The topological polar surface area (TPSA) is 99.9 Å². The summed E-state index contributed by atoms with van der Waals surface area (Å²) in [4.78, 5) is 18.6. The predicted molar refractivity (Wildman–Crippen MR) is 118 cm³/mol. The molecule has 1 saturated carbocycles. The van der Waals surface area contributed by atoms with Crippen molar-refractivity contribution in [3.05, 3.63) is 51.6 Å². The first-order valence-corrected chi connectivity index (χ1v) is 11.4. The largest absolute Gasteiger partial charge is 0.393 e. The molecule has 0 bridgehead atoms. The molecule has 164 valence electrons. The lowest BCUT2D eigenvalue weighted by Crippen LogP contribution is -2.42. The molecular weight excluding hydrogens is 392 g/mol. The second-order valence-electron chi connectivity index (χ2n) is 9.09. The highest BCUT2D eigenvalue weighted by Gasteiger charge is 2.34. The van der Waals surface area contributed by atoms with E-state index in [1.807, 2.05) is 29.8 Å². The fourth-order valence-corrected chi connectivity index (χ4v) is 5.14. The number of piperidine rings is 1. The van der Waals surface area contributed by atoms with Gasteiger partial charge in [0.15, 0.2) is 5.82 Å². The molecule has 8 nitrogen and oxygen atoms in total. The normalized spacial score (nSPS) is 20.3. The number of nitrogens with zero attached hydrogens (tertiary/aromatic N) is 5. The van der Waals surface area contributed by atoms with Crippen molar-refractivity contribution in [2.24, 2.45) is 0 Å². The number of likely N-dealkylation sites (tertiary alicyclic amines) is 1. The van der Waals surface area contributed by atoms with Gasteiger partial charge in [-0.15, -0.1) is 5.10 Å². The Morgan fingerprint density at radius 2 is 1.87 bits per heavy atom. The summed E-state index contributed by atoms with van der Waals surface area (Å²) in [5.74, 6) is 0.736. The van der Waals surface area contributed by atoms with Gasteiger partial charge in [-0.05, 0) is 66.1 Å². The summed E-state index contributed by atoms with van der Waals surface area (Å²) in [5, 5.41) is 23.9. The van der Waals surface area contributed by atoms with Gasteiger partial charge in [0.2, 0.25) is 0 Å². The van der Waals surface area contributed by atoms with Crippen LogP contribution >= 0.6 is 0 Å². The maximum Gasteiger partial charge on any atom is 0.253 e. The van der Waals surface area contributed by atoms with E-state index in [0.717, 1.165) is 35.1 Å². The highest BCUT2D eigenvalue weighted by atomic mass is 16.3. The minimum Gasteiger partial charge on any atom is -0.393 e. The lowest BCUT2D eigenvalue weighted by Gasteiger charge is -2.36. The van der Waals surface area contributed by atoms with E-state index in [1.54, 1.807) is 0 Å². The van der Waals surface area contributed by atoms with Gasteiger partial charge in [0.25, 0.3) is 5.56 Å². The molecule has 0 unspecified atom stereocenters. The van der Waals surface area contributed by atoms with Crippen molar-refractivity contribution in [1.29, 1.82) is 0 Å². The van der Waals surface area contributed by atoms with E-state index < -0.39 is 0 Å². The Hall–Kier alpha value is -2.58. The maximum absolute atomic E-state index is 13.3. The standard InChI is InChI=1S/C23H30N6O2/c1-15-7-8-16-14-19(23(31)24-20(16)13-15)21(28-11-9-18(30)10-12-28)22-25-26-27-29(22)17-5-3-2-4-6-17/h7-8,13-14,17-18,21,30H,2-6,9-12H2,1H3,(H,24,31)/t21-/m0/s1. The van der Waals surface area contributed by atoms with Crippen LogP contribution in [0.25, 0.3) is 10.9 Å². The number of nitrogens with one attached hydrogen (secondary N) is 1. The molecule has 3 heterocycles. The Morgan fingerprint density at radius 1 is 1.10 bits per heavy atom. The van der Waals surface area contributed by atoms with Gasteiger partial charge < -0.3 is 10.1 Å². The van der Waals surface area contributed by atoms with Crippen molar-refractivity contribution in [3.63, 3.8) is 0 Å². The van der Waals surface area contributed by atoms with Crippen molar-refractivity contribution < 1.29 is 5.11 Å². The Kier molecular flexibility index (Phi) is 5.58. The number of aliphatic hydroxyl groups is 1. The van der Waals surface area contributed by atoms with Crippen molar-refractivity contribution in [1.82, 2.24) is 30.1 Å². The van der Waals surface area contributed by atoms with E-state index in [0.29, 0.717) is 31.5 Å². The fraction of sp³-hybridized carbons (Fsp3) is 0.565. The number of H-pyrrole nitrogens is 1. The summed E-state index contributed by atoms with van der Waals surface area (Å²) >= 11 is 0.